The Morgan fingerprint density at radius 1 is 0.478 bits per heavy atom. The van der Waals surface area contributed by atoms with E-state index in [0.717, 1.165) is 16.6 Å². The van der Waals surface area contributed by atoms with Crippen molar-refractivity contribution in [2.45, 2.75) is 136 Å². The summed E-state index contributed by atoms with van der Waals surface area (Å²) in [5.41, 5.74) is 2.48. The first-order chi connectivity index (χ1) is 9.83. The zero-order valence-electron chi connectivity index (χ0n) is 19.2. The van der Waals surface area contributed by atoms with E-state index in [4.69, 9.17) is 0 Å². The average molecular weight is 360 g/mol. The van der Waals surface area contributed by atoms with E-state index in [1.165, 1.54) is 0 Å². The van der Waals surface area contributed by atoms with Gasteiger partial charge in [-0.15, -0.1) is 0 Å². The maximum absolute atomic E-state index is 2.58. The first-order valence-corrected chi connectivity index (χ1v) is 14.6. The minimum atomic E-state index is -1.60. The largest absolute Gasteiger partial charge is 0.239 e. The van der Waals surface area contributed by atoms with Gasteiger partial charge in [0.05, 0.1) is 15.5 Å². The molecule has 0 aliphatic rings. The van der Waals surface area contributed by atoms with Crippen molar-refractivity contribution in [3.05, 3.63) is 0 Å². The van der Waals surface area contributed by atoms with Gasteiger partial charge in [-0.05, 0) is 85.7 Å². The summed E-state index contributed by atoms with van der Waals surface area (Å²) in [6, 6.07) is 0. The molecule has 2 heteroatoms. The van der Waals surface area contributed by atoms with Gasteiger partial charge in [-0.25, -0.2) is 0 Å². The van der Waals surface area contributed by atoms with Gasteiger partial charge >= 0.3 is 0 Å². The molecule has 0 heterocycles. The standard InChI is InChI=1S/C21H48PSi/c1-16(2)23(17(3)4,18(5)6)22(19(7,8)9,20(10,11)12)21(13,14)15/h16-18H,1-15H3/q+1. The molecular formula is C21H48PSi+. The van der Waals surface area contributed by atoms with Gasteiger partial charge in [-0.2, -0.15) is 0 Å². The summed E-state index contributed by atoms with van der Waals surface area (Å²) in [6.07, 6.45) is 0. The van der Waals surface area contributed by atoms with Gasteiger partial charge in [0.15, 0.2) is 0 Å². The van der Waals surface area contributed by atoms with Crippen molar-refractivity contribution in [1.29, 1.82) is 0 Å². The lowest BCUT2D eigenvalue weighted by Crippen LogP contribution is -2.62. The molecule has 0 unspecified atom stereocenters. The Morgan fingerprint density at radius 3 is 0.696 bits per heavy atom. The van der Waals surface area contributed by atoms with Crippen LogP contribution in [0.5, 0.6) is 0 Å². The quantitative estimate of drug-likeness (QED) is 0.348. The number of hydrogen-bond donors (Lipinski definition) is 0. The summed E-state index contributed by atoms with van der Waals surface area (Å²) < 4.78 is 0. The van der Waals surface area contributed by atoms with Gasteiger partial charge in [0.1, 0.15) is 0 Å². The lowest BCUT2D eigenvalue weighted by atomic mass is 10.2. The molecule has 0 N–H and O–H groups in total. The molecule has 23 heavy (non-hydrogen) atoms. The van der Waals surface area contributed by atoms with Gasteiger partial charge in [0.2, 0.25) is 7.74 Å². The van der Waals surface area contributed by atoms with Gasteiger partial charge in [0.25, 0.3) is 0 Å². The van der Waals surface area contributed by atoms with Crippen LogP contribution in [0.15, 0.2) is 0 Å². The second kappa shape index (κ2) is 6.75. The maximum Gasteiger partial charge on any atom is 0.239 e. The molecule has 0 aromatic rings. The molecule has 0 saturated heterocycles. The Hall–Kier alpha value is 0.647. The van der Waals surface area contributed by atoms with Crippen LogP contribution < -0.4 is 0 Å². The minimum Gasteiger partial charge on any atom is -0.0618 e. The van der Waals surface area contributed by atoms with Crippen molar-refractivity contribution in [1.82, 2.24) is 0 Å². The molecule has 0 amide bonds. The summed E-state index contributed by atoms with van der Waals surface area (Å²) in [6.45, 7) is 37.2. The summed E-state index contributed by atoms with van der Waals surface area (Å²) >= 11 is 0. The SMILES string of the molecule is CC(C)[Si](C(C)C)(C(C)C)[P+](C(C)(C)C)(C(C)(C)C)C(C)(C)C. The lowest BCUT2D eigenvalue weighted by Gasteiger charge is -2.66. The molecule has 0 aliphatic heterocycles. The molecule has 0 fully saturated rings. The van der Waals surface area contributed by atoms with Crippen LogP contribution in [-0.4, -0.2) is 23.2 Å². The van der Waals surface area contributed by atoms with Gasteiger partial charge < -0.3 is 0 Å². The molecule has 0 atom stereocenters. The van der Waals surface area contributed by atoms with Crippen LogP contribution in [0.25, 0.3) is 0 Å². The normalized spacial score (nSPS) is 15.9. The van der Waals surface area contributed by atoms with Crippen LogP contribution >= 0.6 is 6.81 Å². The summed E-state index contributed by atoms with van der Waals surface area (Å²) in [5, 5.41) is 1.15. The lowest BCUT2D eigenvalue weighted by molar-refractivity contribution is 0.624. The van der Waals surface area contributed by atoms with Crippen LogP contribution in [0.4, 0.5) is 0 Å². The maximum atomic E-state index is 2.58. The predicted molar refractivity (Wildman–Crippen MR) is 117 cm³/mol. The third-order valence-corrected chi connectivity index (χ3v) is 33.3. The highest BCUT2D eigenvalue weighted by Crippen LogP contribution is 2.92. The molecular weight excluding hydrogens is 311 g/mol. The molecule has 0 aromatic heterocycles. The fraction of sp³-hybridized carbons (Fsp3) is 1.00. The topological polar surface area (TPSA) is 0 Å². The van der Waals surface area contributed by atoms with E-state index in [-0.39, 0.29) is 0 Å². The van der Waals surface area contributed by atoms with Crippen molar-refractivity contribution in [3.8, 4) is 0 Å². The van der Waals surface area contributed by atoms with Gasteiger partial charge in [-0.1, -0.05) is 41.5 Å². The van der Waals surface area contributed by atoms with Crippen LogP contribution in [0.3, 0.4) is 0 Å². The third-order valence-electron chi connectivity index (χ3n) is 6.37. The van der Waals surface area contributed by atoms with Crippen molar-refractivity contribution in [2.24, 2.45) is 0 Å². The molecule has 0 aromatic carbocycles. The molecule has 0 spiro atoms. The molecule has 0 nitrogen and oxygen atoms in total. The molecule has 0 radical (unpaired) electrons. The minimum absolute atomic E-state index is 0.383. The number of hydrogen-bond acceptors (Lipinski definition) is 0. The van der Waals surface area contributed by atoms with Crippen LogP contribution in [-0.2, 0) is 0 Å². The van der Waals surface area contributed by atoms with Crippen LogP contribution in [0.1, 0.15) is 104 Å². The molecule has 0 rings (SSSR count). The Morgan fingerprint density at radius 2 is 0.652 bits per heavy atom. The summed E-state index contributed by atoms with van der Waals surface area (Å²) in [7, 11) is -1.60. The predicted octanol–water partition coefficient (Wildman–Crippen LogP) is 8.58. The second-order valence-corrected chi connectivity index (χ2v) is 26.5. The zero-order chi connectivity index (χ0) is 19.2. The fourth-order valence-electron chi connectivity index (χ4n) is 7.92. The molecule has 140 valence electrons. The average Bonchev–Trinajstić information content (AvgIpc) is 2.16. The Kier molecular flexibility index (Phi) is 6.94. The highest BCUT2D eigenvalue weighted by Gasteiger charge is 2.78. The molecule has 0 aliphatic carbocycles. The Labute approximate surface area is 150 Å². The smallest absolute Gasteiger partial charge is 0.0618 e. The molecule has 0 saturated carbocycles. The summed E-state index contributed by atoms with van der Waals surface area (Å²) in [5.74, 6) is 0. The summed E-state index contributed by atoms with van der Waals surface area (Å²) in [4.78, 5) is 0. The van der Waals surface area contributed by atoms with E-state index in [1.807, 2.05) is 0 Å². The fourth-order valence-corrected chi connectivity index (χ4v) is 41.2. The van der Waals surface area contributed by atoms with E-state index in [2.05, 4.69) is 104 Å². The highest BCUT2D eigenvalue weighted by molar-refractivity contribution is 8.11. The highest BCUT2D eigenvalue weighted by atomic mass is 31.4. The number of rotatable bonds is 4. The van der Waals surface area contributed by atoms with Crippen LogP contribution in [0, 0.1) is 0 Å². The Bertz CT molecular complexity index is 328. The first kappa shape index (κ1) is 23.6. The Balaban J connectivity index is 7.41. The van der Waals surface area contributed by atoms with E-state index >= 15 is 0 Å². The zero-order valence-corrected chi connectivity index (χ0v) is 21.1. The van der Waals surface area contributed by atoms with Crippen LogP contribution in [0.2, 0.25) is 16.6 Å². The van der Waals surface area contributed by atoms with Gasteiger partial charge in [0, 0.05) is 0 Å². The molecule has 0 bridgehead atoms. The van der Waals surface area contributed by atoms with E-state index in [1.54, 1.807) is 0 Å². The first-order valence-electron chi connectivity index (χ1n) is 9.72. The van der Waals surface area contributed by atoms with E-state index in [0.29, 0.717) is 15.5 Å². The van der Waals surface area contributed by atoms with Crippen molar-refractivity contribution in [3.63, 3.8) is 0 Å². The second-order valence-electron chi connectivity index (χ2n) is 11.5. The van der Waals surface area contributed by atoms with Crippen molar-refractivity contribution >= 4 is 14.6 Å². The van der Waals surface area contributed by atoms with Crippen molar-refractivity contribution in [2.75, 3.05) is 0 Å². The third kappa shape index (κ3) is 3.23. The van der Waals surface area contributed by atoms with E-state index in [9.17, 15) is 0 Å². The van der Waals surface area contributed by atoms with E-state index < -0.39 is 14.6 Å². The monoisotopic (exact) mass is 359 g/mol. The van der Waals surface area contributed by atoms with Crippen molar-refractivity contribution < 1.29 is 0 Å². The van der Waals surface area contributed by atoms with Gasteiger partial charge in [-0.3, -0.25) is 0 Å².